The maximum Gasteiger partial charge on any atom is 0.276 e. The van der Waals surface area contributed by atoms with Crippen LogP contribution in [0, 0.1) is 6.92 Å². The Kier molecular flexibility index (Phi) is 4.87. The van der Waals surface area contributed by atoms with Gasteiger partial charge in [0.05, 0.1) is 6.42 Å². The molecule has 0 saturated heterocycles. The number of fused-ring (bicyclic) bond motifs is 1. The van der Waals surface area contributed by atoms with Crippen LogP contribution in [0.2, 0.25) is 5.02 Å². The van der Waals surface area contributed by atoms with Gasteiger partial charge in [0.15, 0.2) is 5.65 Å². The molecule has 0 aliphatic heterocycles. The van der Waals surface area contributed by atoms with Crippen LogP contribution in [0.25, 0.3) is 5.65 Å². The monoisotopic (exact) mass is 372 g/mol. The summed E-state index contributed by atoms with van der Waals surface area (Å²) in [4.78, 5) is 29.3. The Labute approximate surface area is 156 Å². The Bertz CT molecular complexity index is 1020. The van der Waals surface area contributed by atoms with E-state index in [4.69, 9.17) is 11.6 Å². The standard InChI is InChI=1S/C19H21ClN4O2/c1-12-15(18(26)24-16(23-12)7-8-22-24)10-17(25)21-11-19(2,3)13-5-4-6-14(20)9-13/h4-9,22H,10-11H2,1-3H3,(H,21,25). The van der Waals surface area contributed by atoms with E-state index in [9.17, 15) is 9.59 Å². The van der Waals surface area contributed by atoms with Crippen LogP contribution in [0.5, 0.6) is 0 Å². The molecule has 2 N–H and O–H groups in total. The molecule has 0 fully saturated rings. The van der Waals surface area contributed by atoms with Crippen molar-refractivity contribution < 1.29 is 4.79 Å². The van der Waals surface area contributed by atoms with Gasteiger partial charge in [0.25, 0.3) is 5.56 Å². The van der Waals surface area contributed by atoms with Crippen LogP contribution in [-0.4, -0.2) is 27.0 Å². The van der Waals surface area contributed by atoms with Crippen molar-refractivity contribution in [3.63, 3.8) is 0 Å². The van der Waals surface area contributed by atoms with Gasteiger partial charge in [-0.2, -0.15) is 0 Å². The fourth-order valence-electron chi connectivity index (χ4n) is 2.86. The molecule has 0 radical (unpaired) electrons. The molecule has 0 bridgehead atoms. The molecule has 26 heavy (non-hydrogen) atoms. The molecule has 7 heteroatoms. The summed E-state index contributed by atoms with van der Waals surface area (Å²) in [6, 6.07) is 9.30. The maximum atomic E-state index is 12.5. The first kappa shape index (κ1) is 18.2. The number of nitrogens with one attached hydrogen (secondary N) is 2. The minimum Gasteiger partial charge on any atom is -0.355 e. The predicted octanol–water partition coefficient (Wildman–Crippen LogP) is 2.62. The van der Waals surface area contributed by atoms with Crippen molar-refractivity contribution in [1.29, 1.82) is 0 Å². The largest absolute Gasteiger partial charge is 0.355 e. The summed E-state index contributed by atoms with van der Waals surface area (Å²) in [6.45, 7) is 6.24. The molecule has 3 rings (SSSR count). The van der Waals surface area contributed by atoms with E-state index >= 15 is 0 Å². The zero-order chi connectivity index (χ0) is 18.9. The van der Waals surface area contributed by atoms with Crippen molar-refractivity contribution >= 4 is 23.2 Å². The lowest BCUT2D eigenvalue weighted by atomic mass is 9.84. The normalized spacial score (nSPS) is 11.7. The van der Waals surface area contributed by atoms with E-state index in [1.807, 2.05) is 38.1 Å². The smallest absolute Gasteiger partial charge is 0.276 e. The molecular weight excluding hydrogens is 352 g/mol. The number of rotatable bonds is 5. The first-order chi connectivity index (χ1) is 12.3. The lowest BCUT2D eigenvalue weighted by molar-refractivity contribution is -0.120. The molecular formula is C19H21ClN4O2. The molecule has 0 atom stereocenters. The van der Waals surface area contributed by atoms with Crippen LogP contribution >= 0.6 is 11.6 Å². The molecule has 1 amide bonds. The van der Waals surface area contributed by atoms with E-state index in [1.165, 1.54) is 4.52 Å². The highest BCUT2D eigenvalue weighted by Crippen LogP contribution is 2.24. The Hall–Kier alpha value is -2.60. The number of H-pyrrole nitrogens is 1. The predicted molar refractivity (Wildman–Crippen MR) is 102 cm³/mol. The van der Waals surface area contributed by atoms with Gasteiger partial charge in [-0.3, -0.25) is 14.7 Å². The van der Waals surface area contributed by atoms with E-state index in [0.29, 0.717) is 28.5 Å². The Morgan fingerprint density at radius 3 is 2.85 bits per heavy atom. The molecule has 6 nitrogen and oxygen atoms in total. The zero-order valence-electron chi connectivity index (χ0n) is 15.0. The number of amides is 1. The lowest BCUT2D eigenvalue weighted by Crippen LogP contribution is -2.38. The van der Waals surface area contributed by atoms with E-state index in [2.05, 4.69) is 15.4 Å². The summed E-state index contributed by atoms with van der Waals surface area (Å²) in [7, 11) is 0. The van der Waals surface area contributed by atoms with E-state index < -0.39 is 0 Å². The Balaban J connectivity index is 1.72. The van der Waals surface area contributed by atoms with E-state index in [0.717, 1.165) is 5.56 Å². The van der Waals surface area contributed by atoms with Gasteiger partial charge in [-0.1, -0.05) is 37.6 Å². The topological polar surface area (TPSA) is 79.3 Å². The van der Waals surface area contributed by atoms with Gasteiger partial charge in [0, 0.05) is 40.5 Å². The minimum atomic E-state index is -0.285. The fourth-order valence-corrected chi connectivity index (χ4v) is 3.05. The third kappa shape index (κ3) is 3.65. The van der Waals surface area contributed by atoms with Crippen LogP contribution in [0.3, 0.4) is 0 Å². The minimum absolute atomic E-state index is 0.00868. The number of hydrogen-bond acceptors (Lipinski definition) is 3. The van der Waals surface area contributed by atoms with Gasteiger partial charge in [-0.15, -0.1) is 0 Å². The number of benzene rings is 1. The van der Waals surface area contributed by atoms with Gasteiger partial charge >= 0.3 is 0 Å². The molecule has 0 saturated carbocycles. The third-order valence-electron chi connectivity index (χ3n) is 4.52. The number of nitrogens with zero attached hydrogens (tertiary/aromatic N) is 2. The number of halogens is 1. The molecule has 136 valence electrons. The van der Waals surface area contributed by atoms with Crippen molar-refractivity contribution in [3.05, 3.63) is 68.7 Å². The second kappa shape index (κ2) is 6.96. The number of aryl methyl sites for hydroxylation is 1. The summed E-state index contributed by atoms with van der Waals surface area (Å²) < 4.78 is 1.34. The molecule has 0 spiro atoms. The van der Waals surface area contributed by atoms with Gasteiger partial charge < -0.3 is 5.32 Å². The summed E-state index contributed by atoms with van der Waals surface area (Å²) in [5.41, 5.74) is 2.00. The molecule has 1 aromatic carbocycles. The third-order valence-corrected chi connectivity index (χ3v) is 4.75. The molecule has 2 heterocycles. The second-order valence-corrected chi connectivity index (χ2v) is 7.42. The highest BCUT2D eigenvalue weighted by molar-refractivity contribution is 6.30. The number of aromatic nitrogens is 3. The van der Waals surface area contributed by atoms with Crippen LogP contribution in [0.1, 0.15) is 30.7 Å². The maximum absolute atomic E-state index is 12.5. The SMILES string of the molecule is Cc1nc2cc[nH]n2c(=O)c1CC(=O)NCC(C)(C)c1cccc(Cl)c1. The van der Waals surface area contributed by atoms with Crippen LogP contribution in [0.15, 0.2) is 41.3 Å². The van der Waals surface area contributed by atoms with Crippen molar-refractivity contribution in [2.45, 2.75) is 32.6 Å². The Morgan fingerprint density at radius 1 is 1.35 bits per heavy atom. The fraction of sp³-hybridized carbons (Fsp3) is 0.316. The number of aromatic amines is 1. The van der Waals surface area contributed by atoms with Gasteiger partial charge in [0.2, 0.25) is 5.91 Å². The number of carbonyl (C=O) groups excluding carboxylic acids is 1. The van der Waals surface area contributed by atoms with Crippen molar-refractivity contribution in [2.24, 2.45) is 0 Å². The quantitative estimate of drug-likeness (QED) is 0.722. The summed E-state index contributed by atoms with van der Waals surface area (Å²) in [6.07, 6.45) is 1.63. The molecule has 2 aromatic heterocycles. The zero-order valence-corrected chi connectivity index (χ0v) is 15.7. The van der Waals surface area contributed by atoms with E-state index in [-0.39, 0.29) is 23.3 Å². The molecule has 0 aliphatic carbocycles. The number of hydrogen-bond donors (Lipinski definition) is 2. The summed E-state index contributed by atoms with van der Waals surface area (Å²) in [5, 5.41) is 6.39. The van der Waals surface area contributed by atoms with Gasteiger partial charge in [0.1, 0.15) is 0 Å². The van der Waals surface area contributed by atoms with Crippen molar-refractivity contribution in [3.8, 4) is 0 Å². The average Bonchev–Trinajstić information content (AvgIpc) is 3.05. The lowest BCUT2D eigenvalue weighted by Gasteiger charge is -2.26. The molecule has 3 aromatic rings. The molecule has 0 unspecified atom stereocenters. The van der Waals surface area contributed by atoms with Crippen LogP contribution < -0.4 is 10.9 Å². The summed E-state index contributed by atoms with van der Waals surface area (Å²) in [5.74, 6) is -0.214. The summed E-state index contributed by atoms with van der Waals surface area (Å²) >= 11 is 6.06. The van der Waals surface area contributed by atoms with Crippen molar-refractivity contribution in [2.75, 3.05) is 6.54 Å². The Morgan fingerprint density at radius 2 is 2.12 bits per heavy atom. The van der Waals surface area contributed by atoms with Crippen LogP contribution in [0.4, 0.5) is 0 Å². The highest BCUT2D eigenvalue weighted by Gasteiger charge is 2.22. The first-order valence-electron chi connectivity index (χ1n) is 8.36. The number of carbonyl (C=O) groups is 1. The molecule has 0 aliphatic rings. The van der Waals surface area contributed by atoms with Gasteiger partial charge in [-0.05, 0) is 24.6 Å². The van der Waals surface area contributed by atoms with E-state index in [1.54, 1.807) is 19.2 Å². The van der Waals surface area contributed by atoms with Crippen molar-refractivity contribution in [1.82, 2.24) is 19.9 Å². The van der Waals surface area contributed by atoms with Crippen LogP contribution in [-0.2, 0) is 16.6 Å². The average molecular weight is 373 g/mol. The highest BCUT2D eigenvalue weighted by atomic mass is 35.5. The first-order valence-corrected chi connectivity index (χ1v) is 8.74. The second-order valence-electron chi connectivity index (χ2n) is 6.98. The van der Waals surface area contributed by atoms with Gasteiger partial charge in [-0.25, -0.2) is 9.50 Å².